The van der Waals surface area contributed by atoms with Gasteiger partial charge < -0.3 is 16.0 Å². The quantitative estimate of drug-likeness (QED) is 0.758. The Morgan fingerprint density at radius 2 is 2.00 bits per heavy atom. The summed E-state index contributed by atoms with van der Waals surface area (Å²) in [4.78, 5) is 26.1. The molecule has 7 heteroatoms. The van der Waals surface area contributed by atoms with Gasteiger partial charge in [-0.1, -0.05) is 23.7 Å². The van der Waals surface area contributed by atoms with Crippen LogP contribution in [0.2, 0.25) is 5.02 Å². The van der Waals surface area contributed by atoms with Crippen LogP contribution in [0.25, 0.3) is 0 Å². The maximum atomic E-state index is 12.9. The number of carbonyl (C=O) groups is 2. The van der Waals surface area contributed by atoms with E-state index in [1.165, 1.54) is 24.4 Å². The molecule has 2 aromatic rings. The number of halogens is 2. The molecule has 0 aliphatic carbocycles. The monoisotopic (exact) mass is 323 g/mol. The van der Waals surface area contributed by atoms with Gasteiger partial charge in [0, 0.05) is 12.7 Å². The molecule has 4 N–H and O–H groups in total. The third kappa shape index (κ3) is 4.33. The second kappa shape index (κ2) is 7.09. The lowest BCUT2D eigenvalue weighted by Crippen LogP contribution is -2.37. The molecule has 116 valence electrons. The normalized spacial score (nSPS) is 11.9. The molecule has 0 spiro atoms. The lowest BCUT2D eigenvalue weighted by molar-refractivity contribution is -0.121. The van der Waals surface area contributed by atoms with Crippen LogP contribution in [0.15, 0.2) is 36.5 Å². The highest BCUT2D eigenvalue weighted by Crippen LogP contribution is 2.11. The molecule has 0 bridgehead atoms. The minimum atomic E-state index is -0.583. The predicted octanol–water partition coefficient (Wildman–Crippen LogP) is 1.88. The van der Waals surface area contributed by atoms with Gasteiger partial charge in [0.05, 0.1) is 10.9 Å². The van der Waals surface area contributed by atoms with Crippen molar-refractivity contribution in [2.75, 3.05) is 6.54 Å². The van der Waals surface area contributed by atoms with E-state index in [4.69, 9.17) is 17.3 Å². The Morgan fingerprint density at radius 1 is 1.32 bits per heavy atom. The molecule has 0 radical (unpaired) electrons. The van der Waals surface area contributed by atoms with Gasteiger partial charge in [0.2, 0.25) is 5.91 Å². The van der Waals surface area contributed by atoms with Crippen LogP contribution in [0.5, 0.6) is 0 Å². The number of H-pyrrole nitrogens is 1. The maximum absolute atomic E-state index is 12.9. The highest BCUT2D eigenvalue weighted by molar-refractivity contribution is 6.30. The van der Waals surface area contributed by atoms with Crippen molar-refractivity contribution in [3.05, 3.63) is 58.6 Å². The molecule has 22 heavy (non-hydrogen) atoms. The van der Waals surface area contributed by atoms with Crippen LogP contribution in [0.3, 0.4) is 0 Å². The molecule has 1 aromatic heterocycles. The molecular weight excluding hydrogens is 309 g/mol. The topological polar surface area (TPSA) is 88.0 Å². The molecule has 2 amide bonds. The standard InChI is InChI=1S/C15H15ClFN3O2/c16-11-6-13(19-8-11)15(22)20-7-10(14(18)21)5-9-1-3-12(17)4-2-9/h1-4,6,8,10,19H,5,7H2,(H2,18,21)(H,20,22)/t10-/m1/s1. The summed E-state index contributed by atoms with van der Waals surface area (Å²) in [6.07, 6.45) is 1.81. The van der Waals surface area contributed by atoms with Crippen LogP contribution in [0.1, 0.15) is 16.1 Å². The van der Waals surface area contributed by atoms with E-state index in [1.54, 1.807) is 12.1 Å². The highest BCUT2D eigenvalue weighted by Gasteiger charge is 2.18. The fraction of sp³-hybridized carbons (Fsp3) is 0.200. The summed E-state index contributed by atoms with van der Waals surface area (Å²) in [5.41, 5.74) is 6.42. The average molecular weight is 324 g/mol. The number of amides is 2. The van der Waals surface area contributed by atoms with E-state index in [0.29, 0.717) is 17.1 Å². The Bertz CT molecular complexity index is 670. The van der Waals surface area contributed by atoms with E-state index in [2.05, 4.69) is 10.3 Å². The van der Waals surface area contributed by atoms with Crippen molar-refractivity contribution in [1.29, 1.82) is 0 Å². The van der Waals surface area contributed by atoms with Gasteiger partial charge in [-0.15, -0.1) is 0 Å². The summed E-state index contributed by atoms with van der Waals surface area (Å²) in [5.74, 6) is -1.84. The Morgan fingerprint density at radius 3 is 2.55 bits per heavy atom. The van der Waals surface area contributed by atoms with Crippen LogP contribution < -0.4 is 11.1 Å². The predicted molar refractivity (Wildman–Crippen MR) is 80.9 cm³/mol. The summed E-state index contributed by atoms with van der Waals surface area (Å²) in [6, 6.07) is 7.27. The van der Waals surface area contributed by atoms with Crippen molar-refractivity contribution in [2.24, 2.45) is 11.7 Å². The average Bonchev–Trinajstić information content (AvgIpc) is 2.91. The first-order valence-corrected chi connectivity index (χ1v) is 6.99. The van der Waals surface area contributed by atoms with E-state index in [1.807, 2.05) is 0 Å². The molecule has 0 saturated carbocycles. The zero-order valence-electron chi connectivity index (χ0n) is 11.6. The van der Waals surface area contributed by atoms with Gasteiger partial charge >= 0.3 is 0 Å². The fourth-order valence-electron chi connectivity index (χ4n) is 1.99. The number of primary amides is 1. The summed E-state index contributed by atoms with van der Waals surface area (Å²) in [7, 11) is 0. The van der Waals surface area contributed by atoms with Crippen molar-refractivity contribution >= 4 is 23.4 Å². The Labute approximate surface area is 131 Å². The molecule has 0 aliphatic heterocycles. The van der Waals surface area contributed by atoms with Crippen LogP contribution >= 0.6 is 11.6 Å². The van der Waals surface area contributed by atoms with Crippen LogP contribution in [0.4, 0.5) is 4.39 Å². The largest absolute Gasteiger partial charge is 0.369 e. The van der Waals surface area contributed by atoms with E-state index in [0.717, 1.165) is 5.56 Å². The first kappa shape index (κ1) is 16.0. The zero-order valence-corrected chi connectivity index (χ0v) is 12.4. The Hall–Kier alpha value is -2.34. The molecule has 0 saturated heterocycles. The first-order valence-electron chi connectivity index (χ1n) is 6.61. The number of carbonyl (C=O) groups excluding carboxylic acids is 2. The van der Waals surface area contributed by atoms with Crippen LogP contribution in [0, 0.1) is 11.7 Å². The SMILES string of the molecule is NC(=O)[C@@H](CNC(=O)c1cc(Cl)c[nH]1)Cc1ccc(F)cc1. The molecule has 1 aromatic carbocycles. The van der Waals surface area contributed by atoms with E-state index in [9.17, 15) is 14.0 Å². The second-order valence-electron chi connectivity index (χ2n) is 4.87. The molecule has 0 fully saturated rings. The number of benzene rings is 1. The Balaban J connectivity index is 1.95. The number of aromatic nitrogens is 1. The molecular formula is C15H15ClFN3O2. The smallest absolute Gasteiger partial charge is 0.267 e. The zero-order chi connectivity index (χ0) is 16.1. The Kier molecular flexibility index (Phi) is 5.16. The lowest BCUT2D eigenvalue weighted by atomic mass is 9.98. The van der Waals surface area contributed by atoms with E-state index >= 15 is 0 Å². The third-order valence-corrected chi connectivity index (χ3v) is 3.42. The molecule has 5 nitrogen and oxygen atoms in total. The van der Waals surface area contributed by atoms with Gasteiger partial charge in [-0.05, 0) is 30.2 Å². The minimum absolute atomic E-state index is 0.0855. The van der Waals surface area contributed by atoms with Gasteiger partial charge in [-0.2, -0.15) is 0 Å². The van der Waals surface area contributed by atoms with Gasteiger partial charge in [-0.3, -0.25) is 9.59 Å². The van der Waals surface area contributed by atoms with E-state index < -0.39 is 11.8 Å². The van der Waals surface area contributed by atoms with Crippen molar-refractivity contribution in [1.82, 2.24) is 10.3 Å². The number of hydrogen-bond acceptors (Lipinski definition) is 2. The van der Waals surface area contributed by atoms with Crippen molar-refractivity contribution in [3.8, 4) is 0 Å². The molecule has 1 atom stereocenters. The first-order chi connectivity index (χ1) is 10.5. The number of aromatic amines is 1. The molecule has 0 unspecified atom stereocenters. The maximum Gasteiger partial charge on any atom is 0.267 e. The van der Waals surface area contributed by atoms with Crippen LogP contribution in [-0.4, -0.2) is 23.3 Å². The summed E-state index contributed by atoms with van der Waals surface area (Å²) < 4.78 is 12.9. The van der Waals surface area contributed by atoms with Crippen LogP contribution in [-0.2, 0) is 11.2 Å². The summed E-state index contributed by atoms with van der Waals surface area (Å²) in [5, 5.41) is 3.04. The lowest BCUT2D eigenvalue weighted by Gasteiger charge is -2.14. The van der Waals surface area contributed by atoms with Crippen molar-refractivity contribution in [3.63, 3.8) is 0 Å². The number of hydrogen-bond donors (Lipinski definition) is 3. The highest BCUT2D eigenvalue weighted by atomic mass is 35.5. The molecule has 2 rings (SSSR count). The minimum Gasteiger partial charge on any atom is -0.369 e. The summed E-state index contributed by atoms with van der Waals surface area (Å²) >= 11 is 5.72. The third-order valence-electron chi connectivity index (χ3n) is 3.20. The van der Waals surface area contributed by atoms with Gasteiger partial charge in [-0.25, -0.2) is 4.39 Å². The number of nitrogens with one attached hydrogen (secondary N) is 2. The van der Waals surface area contributed by atoms with E-state index in [-0.39, 0.29) is 18.3 Å². The van der Waals surface area contributed by atoms with Gasteiger partial charge in [0.1, 0.15) is 11.5 Å². The summed E-state index contributed by atoms with van der Waals surface area (Å²) in [6.45, 7) is 0.0855. The van der Waals surface area contributed by atoms with Gasteiger partial charge in [0.25, 0.3) is 5.91 Å². The van der Waals surface area contributed by atoms with Crippen molar-refractivity contribution in [2.45, 2.75) is 6.42 Å². The molecule has 1 heterocycles. The number of nitrogens with two attached hydrogens (primary N) is 1. The van der Waals surface area contributed by atoms with Gasteiger partial charge in [0.15, 0.2) is 0 Å². The number of rotatable bonds is 6. The fourth-order valence-corrected chi connectivity index (χ4v) is 2.15. The van der Waals surface area contributed by atoms with Crippen molar-refractivity contribution < 1.29 is 14.0 Å². The molecule has 0 aliphatic rings. The second-order valence-corrected chi connectivity index (χ2v) is 5.31.